The minimum Gasteiger partial charge on any atom is -0.464 e. The molecule has 2 amide bonds. The monoisotopic (exact) mass is 452 g/mol. The Labute approximate surface area is 196 Å². The van der Waals surface area contributed by atoms with Gasteiger partial charge in [-0.05, 0) is 32.1 Å². The van der Waals surface area contributed by atoms with Gasteiger partial charge in [-0.25, -0.2) is 0 Å². The minimum atomic E-state index is -0.359. The first-order valence-corrected chi connectivity index (χ1v) is 12.8. The first-order chi connectivity index (χ1) is 15.5. The van der Waals surface area contributed by atoms with Crippen molar-refractivity contribution in [3.8, 4) is 0 Å². The van der Waals surface area contributed by atoms with Gasteiger partial charge < -0.3 is 15.0 Å². The highest BCUT2D eigenvalue weighted by Crippen LogP contribution is 2.10. The number of amides is 2. The van der Waals surface area contributed by atoms with Crippen LogP contribution < -0.4 is 5.32 Å². The van der Waals surface area contributed by atoms with Gasteiger partial charge in [-0.3, -0.25) is 14.4 Å². The molecule has 0 heterocycles. The number of ether oxygens (including phenoxy) is 1. The van der Waals surface area contributed by atoms with E-state index in [1.54, 1.807) is 4.90 Å². The maximum absolute atomic E-state index is 11.9. The largest absolute Gasteiger partial charge is 0.464 e. The van der Waals surface area contributed by atoms with Crippen LogP contribution in [0.2, 0.25) is 0 Å². The van der Waals surface area contributed by atoms with E-state index < -0.39 is 0 Å². The summed E-state index contributed by atoms with van der Waals surface area (Å²) >= 11 is 0. The van der Waals surface area contributed by atoms with Gasteiger partial charge in [0, 0.05) is 33.4 Å². The molecule has 0 aliphatic rings. The lowest BCUT2D eigenvalue weighted by atomic mass is 10.1. The van der Waals surface area contributed by atoms with Crippen molar-refractivity contribution in [1.29, 1.82) is 0 Å². The van der Waals surface area contributed by atoms with E-state index in [0.717, 1.165) is 12.8 Å². The van der Waals surface area contributed by atoms with Crippen LogP contribution in [0.4, 0.5) is 0 Å². The summed E-state index contributed by atoms with van der Waals surface area (Å²) in [5.74, 6) is -0.420. The first-order valence-electron chi connectivity index (χ1n) is 12.8. The van der Waals surface area contributed by atoms with Gasteiger partial charge in [-0.15, -0.1) is 0 Å². The maximum Gasteiger partial charge on any atom is 0.302 e. The lowest BCUT2D eigenvalue weighted by Gasteiger charge is -2.20. The number of nitrogens with zero attached hydrogens (tertiary/aromatic N) is 1. The molecule has 0 unspecified atom stereocenters. The van der Waals surface area contributed by atoms with Crippen LogP contribution in [0, 0.1) is 0 Å². The molecule has 0 aromatic heterocycles. The van der Waals surface area contributed by atoms with Gasteiger partial charge in [0.05, 0.1) is 6.54 Å². The summed E-state index contributed by atoms with van der Waals surface area (Å²) in [6, 6.07) is 0. The molecule has 1 N–H and O–H groups in total. The summed E-state index contributed by atoms with van der Waals surface area (Å²) in [5, 5.41) is 2.87. The fourth-order valence-corrected chi connectivity index (χ4v) is 3.50. The third-order valence-electron chi connectivity index (χ3n) is 5.48. The van der Waals surface area contributed by atoms with Crippen molar-refractivity contribution < 1.29 is 19.1 Å². The number of allylic oxidation sites excluding steroid dienone is 2. The zero-order valence-corrected chi connectivity index (χ0v) is 21.0. The van der Waals surface area contributed by atoms with Gasteiger partial charge in [0.15, 0.2) is 0 Å². The van der Waals surface area contributed by atoms with E-state index in [2.05, 4.69) is 24.4 Å². The second kappa shape index (κ2) is 22.3. The maximum atomic E-state index is 11.9. The zero-order chi connectivity index (χ0) is 23.9. The summed E-state index contributed by atoms with van der Waals surface area (Å²) in [7, 11) is 0. The van der Waals surface area contributed by atoms with Crippen LogP contribution in [0.15, 0.2) is 12.2 Å². The molecule has 0 aromatic carbocycles. The quantitative estimate of drug-likeness (QED) is 0.141. The topological polar surface area (TPSA) is 75.7 Å². The Bertz CT molecular complexity index is 520. The average molecular weight is 453 g/mol. The zero-order valence-electron chi connectivity index (χ0n) is 21.0. The summed E-state index contributed by atoms with van der Waals surface area (Å²) in [4.78, 5) is 35.9. The Morgan fingerprint density at radius 2 is 1.34 bits per heavy atom. The van der Waals surface area contributed by atoms with Gasteiger partial charge in [0.2, 0.25) is 11.8 Å². The number of carbonyl (C=O) groups is 3. The highest BCUT2D eigenvalue weighted by molar-refractivity contribution is 5.76. The van der Waals surface area contributed by atoms with E-state index in [4.69, 9.17) is 4.74 Å². The Morgan fingerprint density at radius 1 is 0.781 bits per heavy atom. The van der Waals surface area contributed by atoms with Crippen LogP contribution in [0.3, 0.4) is 0 Å². The van der Waals surface area contributed by atoms with E-state index in [0.29, 0.717) is 26.1 Å². The second-order valence-corrected chi connectivity index (χ2v) is 8.53. The molecular formula is C26H48N2O4. The predicted octanol–water partition coefficient (Wildman–Crippen LogP) is 5.55. The van der Waals surface area contributed by atoms with Gasteiger partial charge in [-0.1, -0.05) is 70.4 Å². The number of nitrogens with one attached hydrogen (secondary N) is 1. The molecular weight excluding hydrogens is 404 g/mol. The molecule has 0 rings (SSSR count). The van der Waals surface area contributed by atoms with Crippen LogP contribution in [0.1, 0.15) is 111 Å². The molecule has 6 heteroatoms. The fraction of sp³-hybridized carbons (Fsp3) is 0.808. The summed E-state index contributed by atoms with van der Waals surface area (Å²) in [6.07, 6.45) is 21.3. The molecule has 0 aromatic rings. The number of unbranched alkanes of at least 4 members (excludes halogenated alkanes) is 11. The predicted molar refractivity (Wildman–Crippen MR) is 131 cm³/mol. The van der Waals surface area contributed by atoms with Crippen molar-refractivity contribution in [2.24, 2.45) is 0 Å². The first kappa shape index (κ1) is 30.1. The van der Waals surface area contributed by atoms with Gasteiger partial charge in [0.1, 0.15) is 6.61 Å². The standard InChI is InChI=1S/C26H48N2O4/c1-4-5-6-7-8-9-10-11-12-13-14-15-16-17-18-19-26(31)27-20-21-28(24(2)29)22-23-32-25(3)30/h11-12H,4-10,13-23H2,1-3H3,(H,27,31)/b12-11-. The summed E-state index contributed by atoms with van der Waals surface area (Å²) in [5.41, 5.74) is 0. The molecule has 6 nitrogen and oxygen atoms in total. The Balaban J connectivity index is 3.52. The molecule has 0 radical (unpaired) electrons. The van der Waals surface area contributed by atoms with Crippen LogP contribution >= 0.6 is 0 Å². The van der Waals surface area contributed by atoms with Gasteiger partial charge in [0.25, 0.3) is 0 Å². The molecule has 186 valence electrons. The van der Waals surface area contributed by atoms with Gasteiger partial charge >= 0.3 is 5.97 Å². The fourth-order valence-electron chi connectivity index (χ4n) is 3.50. The normalized spacial score (nSPS) is 11.0. The molecule has 0 fully saturated rings. The van der Waals surface area contributed by atoms with E-state index in [1.807, 2.05) is 0 Å². The third-order valence-corrected chi connectivity index (χ3v) is 5.48. The van der Waals surface area contributed by atoms with Crippen LogP contribution in [-0.4, -0.2) is 48.9 Å². The van der Waals surface area contributed by atoms with Crippen molar-refractivity contribution in [1.82, 2.24) is 10.2 Å². The number of rotatable bonds is 21. The molecule has 32 heavy (non-hydrogen) atoms. The Morgan fingerprint density at radius 3 is 1.91 bits per heavy atom. The SMILES string of the molecule is CCCCCCCC/C=C\CCCCCCCC(=O)NCCN(CCOC(C)=O)C(C)=O. The molecule has 0 aliphatic heterocycles. The molecule has 0 atom stereocenters. The van der Waals surface area contributed by atoms with Crippen LogP contribution in [-0.2, 0) is 19.1 Å². The van der Waals surface area contributed by atoms with E-state index in [9.17, 15) is 14.4 Å². The van der Waals surface area contributed by atoms with E-state index in [1.165, 1.54) is 84.5 Å². The highest BCUT2D eigenvalue weighted by atomic mass is 16.5. The molecule has 0 spiro atoms. The molecule has 0 saturated carbocycles. The summed E-state index contributed by atoms with van der Waals surface area (Å²) in [6.45, 7) is 6.44. The smallest absolute Gasteiger partial charge is 0.302 e. The lowest BCUT2D eigenvalue weighted by Crippen LogP contribution is -2.39. The number of esters is 1. The van der Waals surface area contributed by atoms with Crippen molar-refractivity contribution in [2.45, 2.75) is 111 Å². The molecule has 0 bridgehead atoms. The van der Waals surface area contributed by atoms with E-state index >= 15 is 0 Å². The van der Waals surface area contributed by atoms with Gasteiger partial charge in [-0.2, -0.15) is 0 Å². The highest BCUT2D eigenvalue weighted by Gasteiger charge is 2.09. The summed E-state index contributed by atoms with van der Waals surface area (Å²) < 4.78 is 4.86. The number of hydrogen-bond donors (Lipinski definition) is 1. The van der Waals surface area contributed by atoms with Crippen molar-refractivity contribution in [2.75, 3.05) is 26.2 Å². The third kappa shape index (κ3) is 21.4. The molecule has 0 saturated heterocycles. The van der Waals surface area contributed by atoms with Crippen molar-refractivity contribution in [3.05, 3.63) is 12.2 Å². The van der Waals surface area contributed by atoms with Crippen molar-refractivity contribution in [3.63, 3.8) is 0 Å². The van der Waals surface area contributed by atoms with Crippen LogP contribution in [0.5, 0.6) is 0 Å². The lowest BCUT2D eigenvalue weighted by molar-refractivity contribution is -0.143. The Hall–Kier alpha value is -1.85. The second-order valence-electron chi connectivity index (χ2n) is 8.53. The Kier molecular flexibility index (Phi) is 21.1. The van der Waals surface area contributed by atoms with Crippen molar-refractivity contribution >= 4 is 17.8 Å². The molecule has 0 aliphatic carbocycles. The minimum absolute atomic E-state index is 0.0334. The number of carbonyl (C=O) groups excluding carboxylic acids is 3. The van der Waals surface area contributed by atoms with Crippen LogP contribution in [0.25, 0.3) is 0 Å². The average Bonchev–Trinajstić information content (AvgIpc) is 2.75. The van der Waals surface area contributed by atoms with E-state index in [-0.39, 0.29) is 24.4 Å². The number of hydrogen-bond acceptors (Lipinski definition) is 4.